The summed E-state index contributed by atoms with van der Waals surface area (Å²) in [6, 6.07) is 64.3. The van der Waals surface area contributed by atoms with Crippen LogP contribution in [0.25, 0.3) is 84.9 Å². The fourth-order valence-corrected chi connectivity index (χ4v) is 7.73. The Bertz CT molecular complexity index is 2890. The van der Waals surface area contributed by atoms with Crippen LogP contribution in [0.5, 0.6) is 0 Å². The predicted molar refractivity (Wildman–Crippen MR) is 225 cm³/mol. The maximum atomic E-state index is 5.57. The van der Waals surface area contributed by atoms with Crippen molar-refractivity contribution in [3.8, 4) is 39.1 Å². The summed E-state index contributed by atoms with van der Waals surface area (Å²) in [4.78, 5) is 14.3. The van der Waals surface area contributed by atoms with Crippen molar-refractivity contribution in [3.05, 3.63) is 210 Å². The van der Waals surface area contributed by atoms with Crippen molar-refractivity contribution in [1.29, 1.82) is 0 Å². The summed E-state index contributed by atoms with van der Waals surface area (Å²) in [6.07, 6.45) is 6.42. The van der Waals surface area contributed by atoms with Crippen molar-refractivity contribution in [1.82, 2.24) is 19.5 Å². The standard InChI is InChI=1S/C50H34N4/c1-6-16-34(17-7-1)44-32-42-31-40-27-26-38(51-40)30-39-28-29-41(52-39)33-45-46(35-18-8-2-9-19-35)47(36-20-10-3-11-21-36)50(54(45)43-24-14-5-15-25-43)48(49(44)53-42)37-22-12-4-13-23-37/h1-33,51H. The summed E-state index contributed by atoms with van der Waals surface area (Å²) in [5, 5.41) is 0. The molecule has 0 spiro atoms. The number of para-hydroxylation sites is 1. The Morgan fingerprint density at radius 1 is 0.407 bits per heavy atom. The van der Waals surface area contributed by atoms with E-state index in [1.807, 2.05) is 0 Å². The molecular weight excluding hydrogens is 657 g/mol. The summed E-state index contributed by atoms with van der Waals surface area (Å²) >= 11 is 0. The monoisotopic (exact) mass is 690 g/mol. The number of benzene rings is 5. The van der Waals surface area contributed by atoms with Gasteiger partial charge in [0.15, 0.2) is 0 Å². The molecule has 8 aromatic rings. The van der Waals surface area contributed by atoms with Gasteiger partial charge in [0.25, 0.3) is 0 Å². The number of aromatic nitrogens is 4. The minimum Gasteiger partial charge on any atom is -0.355 e. The summed E-state index contributed by atoms with van der Waals surface area (Å²) in [5.41, 5.74) is 17.4. The van der Waals surface area contributed by atoms with Gasteiger partial charge >= 0.3 is 0 Å². The van der Waals surface area contributed by atoms with Crippen molar-refractivity contribution in [2.45, 2.75) is 0 Å². The van der Waals surface area contributed by atoms with Crippen LogP contribution in [-0.4, -0.2) is 19.5 Å². The van der Waals surface area contributed by atoms with Crippen LogP contribution in [0.3, 0.4) is 0 Å². The van der Waals surface area contributed by atoms with E-state index in [2.05, 4.69) is 210 Å². The summed E-state index contributed by atoms with van der Waals surface area (Å²) in [5.74, 6) is 0. The van der Waals surface area contributed by atoms with E-state index in [9.17, 15) is 0 Å². The molecule has 2 aliphatic heterocycles. The van der Waals surface area contributed by atoms with Crippen LogP contribution >= 0.6 is 0 Å². The number of nitrogens with one attached hydrogen (secondary N) is 1. The first kappa shape index (κ1) is 31.4. The molecule has 4 heteroatoms. The number of nitrogens with zero attached hydrogens (tertiary/aromatic N) is 3. The lowest BCUT2D eigenvalue weighted by Crippen LogP contribution is -1.98. The highest BCUT2D eigenvalue weighted by Crippen LogP contribution is 2.48. The molecule has 1 N–H and O–H groups in total. The molecule has 0 saturated heterocycles. The molecule has 2 aliphatic rings. The van der Waals surface area contributed by atoms with Crippen molar-refractivity contribution in [2.24, 2.45) is 0 Å². The average molecular weight is 691 g/mol. The Morgan fingerprint density at radius 3 is 1.48 bits per heavy atom. The highest BCUT2D eigenvalue weighted by molar-refractivity contribution is 6.12. The lowest BCUT2D eigenvalue weighted by Gasteiger charge is -2.15. The number of fused-ring (bicyclic) bond motifs is 8. The highest BCUT2D eigenvalue weighted by atomic mass is 15.0. The number of rotatable bonds is 5. The predicted octanol–water partition coefficient (Wildman–Crippen LogP) is 12.5. The largest absolute Gasteiger partial charge is 0.355 e. The van der Waals surface area contributed by atoms with Gasteiger partial charge in [0, 0.05) is 39.0 Å². The molecule has 0 unspecified atom stereocenters. The van der Waals surface area contributed by atoms with Crippen molar-refractivity contribution < 1.29 is 0 Å². The van der Waals surface area contributed by atoms with E-state index < -0.39 is 0 Å². The molecule has 10 rings (SSSR count). The second-order valence-corrected chi connectivity index (χ2v) is 13.5. The van der Waals surface area contributed by atoms with Crippen LogP contribution in [0.2, 0.25) is 0 Å². The molecule has 0 radical (unpaired) electrons. The molecule has 0 fully saturated rings. The molecule has 254 valence electrons. The third-order valence-electron chi connectivity index (χ3n) is 10.1. The van der Waals surface area contributed by atoms with Crippen LogP contribution in [-0.2, 0) is 0 Å². The van der Waals surface area contributed by atoms with Crippen molar-refractivity contribution in [3.63, 3.8) is 0 Å². The van der Waals surface area contributed by atoms with E-state index in [1.54, 1.807) is 0 Å². The molecule has 4 nitrogen and oxygen atoms in total. The van der Waals surface area contributed by atoms with Crippen molar-refractivity contribution in [2.75, 3.05) is 0 Å². The molecule has 0 saturated carbocycles. The van der Waals surface area contributed by atoms with Gasteiger partial charge in [-0.3, -0.25) is 0 Å². The number of H-pyrrole nitrogens is 1. The zero-order valence-electron chi connectivity index (χ0n) is 29.4. The van der Waals surface area contributed by atoms with Gasteiger partial charge in [-0.25, -0.2) is 9.97 Å². The number of aromatic amines is 1. The lowest BCUT2D eigenvalue weighted by molar-refractivity contribution is 1.17. The van der Waals surface area contributed by atoms with Gasteiger partial charge in [-0.05, 0) is 82.9 Å². The summed E-state index contributed by atoms with van der Waals surface area (Å²) in [7, 11) is 0. The van der Waals surface area contributed by atoms with E-state index in [0.29, 0.717) is 0 Å². The minimum atomic E-state index is 0.876. The first-order valence-corrected chi connectivity index (χ1v) is 18.2. The summed E-state index contributed by atoms with van der Waals surface area (Å²) in [6.45, 7) is 0. The van der Waals surface area contributed by atoms with Crippen LogP contribution in [0, 0.1) is 0 Å². The Kier molecular flexibility index (Phi) is 7.77. The second kappa shape index (κ2) is 13.4. The van der Waals surface area contributed by atoms with Gasteiger partial charge in [-0.2, -0.15) is 0 Å². The van der Waals surface area contributed by atoms with E-state index in [1.165, 1.54) is 0 Å². The van der Waals surface area contributed by atoms with Gasteiger partial charge in [0.05, 0.1) is 33.8 Å². The van der Waals surface area contributed by atoms with E-state index in [4.69, 9.17) is 9.97 Å². The van der Waals surface area contributed by atoms with E-state index in [-0.39, 0.29) is 0 Å². The first-order valence-electron chi connectivity index (χ1n) is 18.2. The molecule has 3 aromatic heterocycles. The Morgan fingerprint density at radius 2 is 0.889 bits per heavy atom. The minimum absolute atomic E-state index is 0.876. The molecule has 8 bridgehead atoms. The van der Waals surface area contributed by atoms with Gasteiger partial charge in [0.1, 0.15) is 0 Å². The molecule has 0 aliphatic carbocycles. The van der Waals surface area contributed by atoms with Gasteiger partial charge in [-0.15, -0.1) is 0 Å². The number of hydrogen-bond donors (Lipinski definition) is 1. The number of hydrogen-bond acceptors (Lipinski definition) is 2. The quantitative estimate of drug-likeness (QED) is 0.195. The Labute approximate surface area is 313 Å². The fourth-order valence-electron chi connectivity index (χ4n) is 7.73. The van der Waals surface area contributed by atoms with Crippen LogP contribution in [0.4, 0.5) is 0 Å². The zero-order valence-corrected chi connectivity index (χ0v) is 29.4. The average Bonchev–Trinajstić information content (AvgIpc) is 4.03. The Balaban J connectivity index is 1.54. The first-order chi connectivity index (χ1) is 26.8. The van der Waals surface area contributed by atoms with Gasteiger partial charge < -0.3 is 9.55 Å². The molecule has 54 heavy (non-hydrogen) atoms. The third-order valence-corrected chi connectivity index (χ3v) is 10.1. The topological polar surface area (TPSA) is 46.5 Å². The van der Waals surface area contributed by atoms with Crippen LogP contribution in [0.15, 0.2) is 182 Å². The van der Waals surface area contributed by atoms with Gasteiger partial charge in [-0.1, -0.05) is 140 Å². The summed E-state index contributed by atoms with van der Waals surface area (Å²) < 4.78 is 2.43. The fraction of sp³-hybridized carbons (Fsp3) is 0. The second-order valence-electron chi connectivity index (χ2n) is 13.5. The molecule has 5 heterocycles. The molecule has 0 amide bonds. The third kappa shape index (κ3) is 5.67. The lowest BCUT2D eigenvalue weighted by atomic mass is 9.91. The van der Waals surface area contributed by atoms with Crippen LogP contribution in [0.1, 0.15) is 28.3 Å². The normalized spacial score (nSPS) is 12.1. The molecular formula is C50H34N4. The zero-order chi connectivity index (χ0) is 35.8. The SMILES string of the molecule is C1=Cc2cc3c(-c4ccccc4)c(-c4ccccc4)c(c(-c4ccccc4)c4nc(cc5ccc(cc1n2)[nH]5)C=C4c1ccccc1)n3-c1ccccc1. The highest BCUT2D eigenvalue weighted by Gasteiger charge is 2.27. The van der Waals surface area contributed by atoms with Crippen LogP contribution < -0.4 is 0 Å². The Hall–Kier alpha value is -7.30. The smallest absolute Gasteiger partial charge is 0.0815 e. The maximum Gasteiger partial charge on any atom is 0.0815 e. The molecule has 0 atom stereocenters. The maximum absolute atomic E-state index is 5.57. The molecule has 5 aromatic carbocycles. The van der Waals surface area contributed by atoms with Gasteiger partial charge in [0.2, 0.25) is 0 Å². The van der Waals surface area contributed by atoms with E-state index in [0.717, 1.165) is 95.0 Å². The van der Waals surface area contributed by atoms with E-state index >= 15 is 0 Å². The van der Waals surface area contributed by atoms with Crippen molar-refractivity contribution >= 4 is 45.9 Å².